The molecular weight excluding hydrogens is 496 g/mol. The second-order valence-electron chi connectivity index (χ2n) is 9.05. The van der Waals surface area contributed by atoms with Crippen LogP contribution >= 0.6 is 11.3 Å². The van der Waals surface area contributed by atoms with Crippen LogP contribution in [-0.4, -0.2) is 60.9 Å². The maximum absolute atomic E-state index is 13.0. The van der Waals surface area contributed by atoms with Crippen LogP contribution in [0.5, 0.6) is 5.88 Å². The van der Waals surface area contributed by atoms with Crippen molar-refractivity contribution in [2.75, 3.05) is 24.6 Å². The largest absolute Gasteiger partial charge is 0.478 e. The van der Waals surface area contributed by atoms with Gasteiger partial charge in [0.1, 0.15) is 17.2 Å². The van der Waals surface area contributed by atoms with Crippen LogP contribution in [-0.2, 0) is 18.3 Å². The highest BCUT2D eigenvalue weighted by Gasteiger charge is 2.34. The summed E-state index contributed by atoms with van der Waals surface area (Å²) in [4.78, 5) is 48.5. The number of rotatable bonds is 9. The van der Waals surface area contributed by atoms with E-state index < -0.39 is 11.4 Å². The van der Waals surface area contributed by atoms with E-state index in [4.69, 9.17) is 9.72 Å². The van der Waals surface area contributed by atoms with E-state index in [9.17, 15) is 19.5 Å². The first-order chi connectivity index (χ1) is 17.8. The average molecular weight is 523 g/mol. The molecule has 0 amide bonds. The number of aromatic nitrogens is 5. The lowest BCUT2D eigenvalue weighted by molar-refractivity contribution is -0.123. The van der Waals surface area contributed by atoms with Crippen molar-refractivity contribution in [3.63, 3.8) is 0 Å². The average Bonchev–Trinajstić information content (AvgIpc) is 3.46. The summed E-state index contributed by atoms with van der Waals surface area (Å²) in [7, 11) is 1.79. The summed E-state index contributed by atoms with van der Waals surface area (Å²) >= 11 is 1.31. The maximum atomic E-state index is 13.0. The standard InChI is InChI=1S/C25H26N6O5S/c1-4-6-36-20-10-16(28-29(20)3)9-18(32)15-11-30(12-15)19-8-14(2)21-22(33)17(24(34)35)13-31(23(21)27-19)25-26-5-7-37-25/h5,7-8,10,13,15H,4,6,9,11-12H2,1-3H3,(H,34,35). The smallest absolute Gasteiger partial charge is 0.341 e. The lowest BCUT2D eigenvalue weighted by Crippen LogP contribution is -2.51. The minimum atomic E-state index is -1.30. The molecule has 12 heteroatoms. The fraction of sp³-hybridized carbons (Fsp3) is 0.360. The van der Waals surface area contributed by atoms with Gasteiger partial charge in [-0.15, -0.1) is 11.3 Å². The van der Waals surface area contributed by atoms with Gasteiger partial charge in [0.25, 0.3) is 0 Å². The number of carboxylic acid groups (broad SMARTS) is 1. The minimum Gasteiger partial charge on any atom is -0.478 e. The number of carbonyl (C=O) groups is 2. The van der Waals surface area contributed by atoms with Gasteiger partial charge >= 0.3 is 5.97 Å². The molecule has 1 aliphatic heterocycles. The van der Waals surface area contributed by atoms with Crippen LogP contribution in [0, 0.1) is 12.8 Å². The molecule has 0 unspecified atom stereocenters. The lowest BCUT2D eigenvalue weighted by Gasteiger charge is -2.39. The van der Waals surface area contributed by atoms with Crippen molar-refractivity contribution >= 4 is 39.9 Å². The molecule has 0 saturated carbocycles. The van der Waals surface area contributed by atoms with Gasteiger partial charge in [-0.3, -0.25) is 14.2 Å². The number of thiazole rings is 1. The van der Waals surface area contributed by atoms with Crippen molar-refractivity contribution < 1.29 is 19.4 Å². The zero-order valence-corrected chi connectivity index (χ0v) is 21.5. The molecule has 0 bridgehead atoms. The van der Waals surface area contributed by atoms with E-state index in [1.165, 1.54) is 17.5 Å². The molecule has 4 aromatic rings. The molecule has 0 atom stereocenters. The fourth-order valence-electron chi connectivity index (χ4n) is 4.40. The Morgan fingerprint density at radius 2 is 2.05 bits per heavy atom. The predicted octanol–water partition coefficient (Wildman–Crippen LogP) is 2.62. The molecule has 5 heterocycles. The van der Waals surface area contributed by atoms with Gasteiger partial charge < -0.3 is 14.7 Å². The molecule has 37 heavy (non-hydrogen) atoms. The van der Waals surface area contributed by atoms with E-state index in [1.807, 2.05) is 17.9 Å². The molecule has 4 aromatic heterocycles. The zero-order chi connectivity index (χ0) is 26.3. The van der Waals surface area contributed by atoms with Gasteiger partial charge in [-0.05, 0) is 25.0 Å². The Bertz CT molecular complexity index is 1550. The number of carbonyl (C=O) groups excluding carboxylic acids is 1. The fourth-order valence-corrected chi connectivity index (χ4v) is 5.02. The maximum Gasteiger partial charge on any atom is 0.341 e. The molecule has 0 aliphatic carbocycles. The molecule has 0 aromatic carbocycles. The third kappa shape index (κ3) is 4.59. The van der Waals surface area contributed by atoms with E-state index in [-0.39, 0.29) is 29.1 Å². The number of hydrogen-bond acceptors (Lipinski definition) is 9. The number of aromatic carboxylic acids is 1. The summed E-state index contributed by atoms with van der Waals surface area (Å²) < 4.78 is 8.84. The molecule has 0 radical (unpaired) electrons. The highest BCUT2D eigenvalue weighted by atomic mass is 32.1. The van der Waals surface area contributed by atoms with Crippen LogP contribution in [0.4, 0.5) is 5.82 Å². The number of Topliss-reactive ketones (excluding diaryl/α,β-unsaturated/α-hetero) is 1. The third-order valence-electron chi connectivity index (χ3n) is 6.36. The van der Waals surface area contributed by atoms with E-state index in [1.54, 1.807) is 40.9 Å². The molecule has 5 rings (SSSR count). The Morgan fingerprint density at radius 1 is 1.27 bits per heavy atom. The van der Waals surface area contributed by atoms with Crippen molar-refractivity contribution in [3.05, 3.63) is 57.0 Å². The monoisotopic (exact) mass is 522 g/mol. The Labute approximate surface area is 216 Å². The first-order valence-corrected chi connectivity index (χ1v) is 12.8. The Kier molecular flexibility index (Phi) is 6.50. The van der Waals surface area contributed by atoms with Crippen molar-refractivity contribution in [3.8, 4) is 11.0 Å². The normalized spacial score (nSPS) is 13.6. The molecule has 1 saturated heterocycles. The number of ketones is 1. The van der Waals surface area contributed by atoms with Crippen LogP contribution in [0.3, 0.4) is 0 Å². The van der Waals surface area contributed by atoms with E-state index in [2.05, 4.69) is 10.1 Å². The van der Waals surface area contributed by atoms with Crippen molar-refractivity contribution in [2.45, 2.75) is 26.7 Å². The number of aryl methyl sites for hydroxylation is 2. The van der Waals surface area contributed by atoms with Crippen LogP contribution in [0.2, 0.25) is 0 Å². The summed E-state index contributed by atoms with van der Waals surface area (Å²) in [6.07, 6.45) is 4.00. The zero-order valence-electron chi connectivity index (χ0n) is 20.7. The van der Waals surface area contributed by atoms with Crippen molar-refractivity contribution in [1.29, 1.82) is 0 Å². The topological polar surface area (TPSA) is 132 Å². The molecule has 192 valence electrons. The number of nitrogens with zero attached hydrogens (tertiary/aromatic N) is 6. The summed E-state index contributed by atoms with van der Waals surface area (Å²) in [6.45, 7) is 5.38. The van der Waals surface area contributed by atoms with Gasteiger partial charge in [0, 0.05) is 44.0 Å². The van der Waals surface area contributed by atoms with Gasteiger partial charge in [0.2, 0.25) is 11.3 Å². The van der Waals surface area contributed by atoms with Gasteiger partial charge in [-0.2, -0.15) is 5.10 Å². The van der Waals surface area contributed by atoms with E-state index in [0.29, 0.717) is 53.4 Å². The van der Waals surface area contributed by atoms with Gasteiger partial charge in [-0.25, -0.2) is 19.4 Å². The Hall–Kier alpha value is -4.06. The SMILES string of the molecule is CCCOc1cc(CC(=O)C2CN(c3cc(C)c4c(=O)c(C(=O)O)cn(-c5nccs5)c4n3)C2)nn1C. The van der Waals surface area contributed by atoms with E-state index >= 15 is 0 Å². The first-order valence-electron chi connectivity index (χ1n) is 11.9. The molecule has 11 nitrogen and oxygen atoms in total. The highest BCUT2D eigenvalue weighted by molar-refractivity contribution is 7.12. The molecular formula is C25H26N6O5S. The Balaban J connectivity index is 1.38. The summed E-state index contributed by atoms with van der Waals surface area (Å²) in [5.41, 5.74) is 0.705. The number of hydrogen-bond donors (Lipinski definition) is 1. The van der Waals surface area contributed by atoms with Gasteiger partial charge in [0.05, 0.1) is 30.0 Å². The number of fused-ring (bicyclic) bond motifs is 1. The number of pyridine rings is 2. The van der Waals surface area contributed by atoms with Gasteiger partial charge in [-0.1, -0.05) is 6.92 Å². The van der Waals surface area contributed by atoms with Gasteiger partial charge in [0.15, 0.2) is 10.8 Å². The van der Waals surface area contributed by atoms with E-state index in [0.717, 1.165) is 6.42 Å². The third-order valence-corrected chi connectivity index (χ3v) is 7.13. The second kappa shape index (κ2) is 9.77. The van der Waals surface area contributed by atoms with Crippen LogP contribution in [0.25, 0.3) is 16.2 Å². The lowest BCUT2D eigenvalue weighted by atomic mass is 9.92. The van der Waals surface area contributed by atoms with Crippen molar-refractivity contribution in [2.24, 2.45) is 13.0 Å². The summed E-state index contributed by atoms with van der Waals surface area (Å²) in [5.74, 6) is -0.0974. The Morgan fingerprint density at radius 3 is 2.73 bits per heavy atom. The molecule has 1 fully saturated rings. The summed E-state index contributed by atoms with van der Waals surface area (Å²) in [5, 5.41) is 16.5. The quantitative estimate of drug-likeness (QED) is 0.352. The predicted molar refractivity (Wildman–Crippen MR) is 138 cm³/mol. The van der Waals surface area contributed by atoms with Crippen LogP contribution in [0.15, 0.2) is 34.7 Å². The minimum absolute atomic E-state index is 0.0969. The highest BCUT2D eigenvalue weighted by Crippen LogP contribution is 2.29. The molecule has 1 aliphatic rings. The molecule has 0 spiro atoms. The number of ether oxygens (including phenoxy) is 1. The van der Waals surface area contributed by atoms with Crippen molar-refractivity contribution in [1.82, 2.24) is 24.3 Å². The second-order valence-corrected chi connectivity index (χ2v) is 9.92. The van der Waals surface area contributed by atoms with Crippen LogP contribution < -0.4 is 15.1 Å². The first kappa shape index (κ1) is 24.6. The number of anilines is 1. The van der Waals surface area contributed by atoms with Crippen LogP contribution in [0.1, 0.15) is 35.0 Å². The number of carboxylic acids is 1. The molecule has 1 N–H and O–H groups in total. The summed E-state index contributed by atoms with van der Waals surface area (Å²) in [6, 6.07) is 3.57.